The lowest BCUT2D eigenvalue weighted by molar-refractivity contribution is -0.189. The van der Waals surface area contributed by atoms with E-state index in [2.05, 4.69) is 15.9 Å². The van der Waals surface area contributed by atoms with Crippen LogP contribution in [-0.2, 0) is 0 Å². The third-order valence-corrected chi connectivity index (χ3v) is 2.87. The normalized spacial score (nSPS) is 15.5. The first-order valence-corrected chi connectivity index (χ1v) is 5.79. The van der Waals surface area contributed by atoms with E-state index in [1.54, 1.807) is 19.1 Å². The van der Waals surface area contributed by atoms with Gasteiger partial charge < -0.3 is 10.5 Å². The molecule has 2 unspecified atom stereocenters. The lowest BCUT2D eigenvalue weighted by Gasteiger charge is -2.19. The smallest absolute Gasteiger partial charge is 0.425 e. The van der Waals surface area contributed by atoms with Gasteiger partial charge in [-0.25, -0.2) is 0 Å². The van der Waals surface area contributed by atoms with Crippen LogP contribution in [0.25, 0.3) is 0 Å². The zero-order valence-corrected chi connectivity index (χ0v) is 11.0. The highest BCUT2D eigenvalue weighted by atomic mass is 79.9. The highest BCUT2D eigenvalue weighted by Crippen LogP contribution is 2.31. The van der Waals surface area contributed by atoms with Crippen molar-refractivity contribution in [3.8, 4) is 5.75 Å². The maximum atomic E-state index is 12.3. The van der Waals surface area contributed by atoms with Gasteiger partial charge in [0.2, 0.25) is 0 Å². The van der Waals surface area contributed by atoms with Crippen LogP contribution in [0.15, 0.2) is 22.7 Å². The van der Waals surface area contributed by atoms with Crippen LogP contribution in [0.1, 0.15) is 25.5 Å². The molecule has 0 aliphatic carbocycles. The molecule has 0 bridgehead atoms. The molecule has 96 valence electrons. The van der Waals surface area contributed by atoms with E-state index < -0.39 is 12.3 Å². The Morgan fingerprint density at radius 2 is 1.88 bits per heavy atom. The van der Waals surface area contributed by atoms with E-state index >= 15 is 0 Å². The van der Waals surface area contributed by atoms with Gasteiger partial charge in [0.15, 0.2) is 6.10 Å². The van der Waals surface area contributed by atoms with Gasteiger partial charge in [-0.2, -0.15) is 13.2 Å². The van der Waals surface area contributed by atoms with Crippen molar-refractivity contribution in [2.75, 3.05) is 0 Å². The summed E-state index contributed by atoms with van der Waals surface area (Å²) < 4.78 is 42.2. The Balaban J connectivity index is 2.87. The SMILES string of the molecule is CC(N)c1ccc(OC(C)C(F)(F)F)c(Br)c1. The molecule has 0 spiro atoms. The Labute approximate surface area is 106 Å². The van der Waals surface area contributed by atoms with E-state index in [0.29, 0.717) is 4.47 Å². The maximum absolute atomic E-state index is 12.3. The number of nitrogens with two attached hydrogens (primary N) is 1. The van der Waals surface area contributed by atoms with Crippen LogP contribution >= 0.6 is 15.9 Å². The summed E-state index contributed by atoms with van der Waals surface area (Å²) in [6.45, 7) is 2.76. The highest BCUT2D eigenvalue weighted by molar-refractivity contribution is 9.10. The van der Waals surface area contributed by atoms with Crippen molar-refractivity contribution in [2.45, 2.75) is 32.2 Å². The van der Waals surface area contributed by atoms with Crippen LogP contribution in [0.2, 0.25) is 0 Å². The number of hydrogen-bond acceptors (Lipinski definition) is 2. The Kier molecular flexibility index (Phi) is 4.43. The van der Waals surface area contributed by atoms with E-state index in [-0.39, 0.29) is 11.8 Å². The molecule has 0 saturated carbocycles. The summed E-state index contributed by atoms with van der Waals surface area (Å²) >= 11 is 3.16. The van der Waals surface area contributed by atoms with Gasteiger partial charge in [-0.05, 0) is 47.5 Å². The standard InChI is InChI=1S/C11H13BrF3NO/c1-6(16)8-3-4-10(9(12)5-8)17-7(2)11(13,14)15/h3-7H,16H2,1-2H3. The van der Waals surface area contributed by atoms with Gasteiger partial charge in [0, 0.05) is 6.04 Å². The first-order valence-electron chi connectivity index (χ1n) is 5.00. The topological polar surface area (TPSA) is 35.2 Å². The summed E-state index contributed by atoms with van der Waals surface area (Å²) in [5.74, 6) is 0.152. The summed E-state index contributed by atoms with van der Waals surface area (Å²) in [7, 11) is 0. The van der Waals surface area contributed by atoms with E-state index in [1.165, 1.54) is 6.07 Å². The average molecular weight is 312 g/mol. The number of rotatable bonds is 3. The molecule has 17 heavy (non-hydrogen) atoms. The number of ether oxygens (including phenoxy) is 1. The van der Waals surface area contributed by atoms with Gasteiger partial charge in [-0.1, -0.05) is 6.07 Å². The zero-order chi connectivity index (χ0) is 13.2. The molecule has 0 saturated heterocycles. The molecule has 1 rings (SSSR count). The Morgan fingerprint density at radius 1 is 1.29 bits per heavy atom. The minimum atomic E-state index is -4.38. The van der Waals surface area contributed by atoms with Gasteiger partial charge in [0.05, 0.1) is 4.47 Å². The van der Waals surface area contributed by atoms with Gasteiger partial charge >= 0.3 is 6.18 Å². The number of alkyl halides is 3. The lowest BCUT2D eigenvalue weighted by atomic mass is 10.1. The van der Waals surface area contributed by atoms with Crippen LogP contribution in [0.3, 0.4) is 0 Å². The first kappa shape index (κ1) is 14.3. The van der Waals surface area contributed by atoms with Crippen molar-refractivity contribution in [1.29, 1.82) is 0 Å². The van der Waals surface area contributed by atoms with Crippen LogP contribution in [-0.4, -0.2) is 12.3 Å². The van der Waals surface area contributed by atoms with Gasteiger partial charge in [0.1, 0.15) is 5.75 Å². The molecular formula is C11H13BrF3NO. The Morgan fingerprint density at radius 3 is 2.29 bits per heavy atom. The quantitative estimate of drug-likeness (QED) is 0.921. The van der Waals surface area contributed by atoms with Crippen LogP contribution in [0.5, 0.6) is 5.75 Å². The van der Waals surface area contributed by atoms with E-state index in [1.807, 2.05) is 0 Å². The monoisotopic (exact) mass is 311 g/mol. The lowest BCUT2D eigenvalue weighted by Crippen LogP contribution is -2.31. The largest absolute Gasteiger partial charge is 0.480 e. The number of halogens is 4. The van der Waals surface area contributed by atoms with Crippen molar-refractivity contribution in [1.82, 2.24) is 0 Å². The molecule has 2 N–H and O–H groups in total. The van der Waals surface area contributed by atoms with Crippen LogP contribution < -0.4 is 10.5 Å². The second-order valence-corrected chi connectivity index (χ2v) is 4.63. The van der Waals surface area contributed by atoms with E-state index in [9.17, 15) is 13.2 Å². The predicted octanol–water partition coefficient (Wildman–Crippen LogP) is 3.80. The van der Waals surface area contributed by atoms with E-state index in [0.717, 1.165) is 12.5 Å². The van der Waals surface area contributed by atoms with Crippen molar-refractivity contribution in [3.63, 3.8) is 0 Å². The third-order valence-electron chi connectivity index (χ3n) is 2.25. The molecule has 0 aromatic heterocycles. The van der Waals surface area contributed by atoms with Crippen molar-refractivity contribution in [3.05, 3.63) is 28.2 Å². The summed E-state index contributed by atoms with van der Waals surface area (Å²) in [5.41, 5.74) is 6.48. The fourth-order valence-electron chi connectivity index (χ4n) is 1.15. The summed E-state index contributed by atoms with van der Waals surface area (Å²) in [6, 6.07) is 4.60. The Bertz CT molecular complexity index is 393. The van der Waals surface area contributed by atoms with Gasteiger partial charge in [0.25, 0.3) is 0 Å². The molecule has 0 aliphatic heterocycles. The van der Waals surface area contributed by atoms with Crippen LogP contribution in [0, 0.1) is 0 Å². The Hall–Kier alpha value is -0.750. The molecule has 1 aromatic carbocycles. The molecule has 2 nitrogen and oxygen atoms in total. The molecule has 0 amide bonds. The van der Waals surface area contributed by atoms with Gasteiger partial charge in [-0.15, -0.1) is 0 Å². The first-order chi connectivity index (χ1) is 7.71. The predicted molar refractivity (Wildman–Crippen MR) is 62.9 cm³/mol. The second kappa shape index (κ2) is 5.27. The molecule has 0 heterocycles. The molecule has 1 aromatic rings. The highest BCUT2D eigenvalue weighted by Gasteiger charge is 2.38. The minimum Gasteiger partial charge on any atom is -0.480 e. The molecule has 2 atom stereocenters. The fraction of sp³-hybridized carbons (Fsp3) is 0.455. The molecule has 0 radical (unpaired) electrons. The van der Waals surface area contributed by atoms with Crippen molar-refractivity contribution >= 4 is 15.9 Å². The van der Waals surface area contributed by atoms with Crippen molar-refractivity contribution < 1.29 is 17.9 Å². The molecular weight excluding hydrogens is 299 g/mol. The van der Waals surface area contributed by atoms with Gasteiger partial charge in [-0.3, -0.25) is 0 Å². The van der Waals surface area contributed by atoms with Crippen LogP contribution in [0.4, 0.5) is 13.2 Å². The fourth-order valence-corrected chi connectivity index (χ4v) is 1.64. The third kappa shape index (κ3) is 3.89. The molecule has 0 aliphatic rings. The summed E-state index contributed by atoms with van der Waals surface area (Å²) in [5, 5.41) is 0. The molecule has 0 fully saturated rings. The maximum Gasteiger partial charge on any atom is 0.425 e. The number of benzene rings is 1. The minimum absolute atomic E-state index is 0.152. The summed E-state index contributed by atoms with van der Waals surface area (Å²) in [6.07, 6.45) is -6.22. The zero-order valence-electron chi connectivity index (χ0n) is 9.38. The van der Waals surface area contributed by atoms with Crippen molar-refractivity contribution in [2.24, 2.45) is 5.73 Å². The second-order valence-electron chi connectivity index (χ2n) is 3.78. The molecule has 6 heteroatoms. The van der Waals surface area contributed by atoms with E-state index in [4.69, 9.17) is 10.5 Å². The summed E-state index contributed by atoms with van der Waals surface area (Å²) in [4.78, 5) is 0. The average Bonchev–Trinajstić information content (AvgIpc) is 2.19. The number of hydrogen-bond donors (Lipinski definition) is 1.